The molecule has 0 saturated heterocycles. The van der Waals surface area contributed by atoms with Crippen molar-refractivity contribution >= 4 is 33.2 Å². The van der Waals surface area contributed by atoms with Gasteiger partial charge in [0.2, 0.25) is 0 Å². The highest BCUT2D eigenvalue weighted by Gasteiger charge is 2.23. The highest BCUT2D eigenvalue weighted by molar-refractivity contribution is 6.09. The fourth-order valence-corrected chi connectivity index (χ4v) is 5.56. The van der Waals surface area contributed by atoms with Crippen LogP contribution in [-0.4, -0.2) is 24.1 Å². The van der Waals surface area contributed by atoms with Crippen molar-refractivity contribution in [3.8, 4) is 28.7 Å². The van der Waals surface area contributed by atoms with Gasteiger partial charge in [-0.3, -0.25) is 9.55 Å². The molecule has 8 rings (SSSR count). The number of aryl methyl sites for hydroxylation is 1. The Kier molecular flexibility index (Phi) is 4.32. The summed E-state index contributed by atoms with van der Waals surface area (Å²) in [6.07, 6.45) is 8.89. The summed E-state index contributed by atoms with van der Waals surface area (Å²) in [6.45, 7) is -1.61. The summed E-state index contributed by atoms with van der Waals surface area (Å²) in [5, 5.41) is 1.90. The molecule has 0 unspecified atom stereocenters. The molecule has 0 bridgehead atoms. The average Bonchev–Trinajstić information content (AvgIpc) is 3.63. The van der Waals surface area contributed by atoms with Gasteiger partial charge >= 0.3 is 0 Å². The lowest BCUT2D eigenvalue weighted by atomic mass is 10.1. The SMILES string of the molecule is [2H]C([2H])([2H])c1ccnc(-n2c3ccncc3c3ccc(Oc4cccc(N5Cn6ccnc6-c6ccccc65)c4)cc32)c1. The molecule has 192 valence electrons. The number of rotatable bonds is 4. The average molecular weight is 524 g/mol. The van der Waals surface area contributed by atoms with E-state index in [1.54, 1.807) is 12.3 Å². The van der Waals surface area contributed by atoms with Gasteiger partial charge in [-0.25, -0.2) is 9.97 Å². The van der Waals surface area contributed by atoms with E-state index >= 15 is 0 Å². The van der Waals surface area contributed by atoms with E-state index in [9.17, 15) is 0 Å². The van der Waals surface area contributed by atoms with Gasteiger partial charge in [-0.2, -0.15) is 0 Å². The first-order valence-electron chi connectivity index (χ1n) is 14.5. The van der Waals surface area contributed by atoms with Crippen LogP contribution in [0, 0.1) is 6.85 Å². The number of benzene rings is 3. The maximum Gasteiger partial charge on any atom is 0.143 e. The minimum absolute atomic E-state index is 0.230. The quantitative estimate of drug-likeness (QED) is 0.237. The van der Waals surface area contributed by atoms with E-state index in [1.807, 2.05) is 77.8 Å². The smallest absolute Gasteiger partial charge is 0.143 e. The van der Waals surface area contributed by atoms with E-state index in [0.717, 1.165) is 44.6 Å². The van der Waals surface area contributed by atoms with Crippen LogP contribution in [0.1, 0.15) is 9.68 Å². The fraction of sp³-hybridized carbons (Fsp3) is 0.0606. The van der Waals surface area contributed by atoms with Crippen LogP contribution in [0.2, 0.25) is 0 Å². The van der Waals surface area contributed by atoms with Crippen LogP contribution in [0.4, 0.5) is 11.4 Å². The second kappa shape index (κ2) is 8.81. The Morgan fingerprint density at radius 2 is 1.75 bits per heavy atom. The fourth-order valence-electron chi connectivity index (χ4n) is 5.56. The monoisotopic (exact) mass is 523 g/mol. The first-order valence-corrected chi connectivity index (χ1v) is 13.0. The number of hydrogen-bond acceptors (Lipinski definition) is 5. The Hall–Kier alpha value is -5.43. The summed E-state index contributed by atoms with van der Waals surface area (Å²) in [5.74, 6) is 2.81. The number of para-hydroxylation sites is 1. The van der Waals surface area contributed by atoms with E-state index in [-0.39, 0.29) is 5.56 Å². The highest BCUT2D eigenvalue weighted by atomic mass is 16.5. The molecule has 1 aliphatic rings. The van der Waals surface area contributed by atoms with Crippen LogP contribution >= 0.6 is 0 Å². The molecule has 7 heteroatoms. The van der Waals surface area contributed by atoms with Gasteiger partial charge < -0.3 is 14.2 Å². The lowest BCUT2D eigenvalue weighted by Crippen LogP contribution is -2.25. The van der Waals surface area contributed by atoms with Gasteiger partial charge in [0.05, 0.1) is 16.7 Å². The van der Waals surface area contributed by atoms with Crippen LogP contribution in [0.25, 0.3) is 39.0 Å². The molecular formula is C33H24N6O. The molecule has 0 amide bonds. The van der Waals surface area contributed by atoms with Gasteiger partial charge in [-0.15, -0.1) is 0 Å². The molecule has 5 heterocycles. The number of pyridine rings is 2. The van der Waals surface area contributed by atoms with Crippen molar-refractivity contribution in [2.24, 2.45) is 0 Å². The summed E-state index contributed by atoms with van der Waals surface area (Å²) >= 11 is 0. The summed E-state index contributed by atoms with van der Waals surface area (Å²) in [4.78, 5) is 15.7. The first-order chi connectivity index (χ1) is 20.9. The predicted molar refractivity (Wildman–Crippen MR) is 157 cm³/mol. The largest absolute Gasteiger partial charge is 0.457 e. The number of fused-ring (bicyclic) bond motifs is 6. The summed E-state index contributed by atoms with van der Waals surface area (Å²) < 4.78 is 34.2. The van der Waals surface area contributed by atoms with Crippen molar-refractivity contribution in [3.05, 3.63) is 121 Å². The second-order valence-corrected chi connectivity index (χ2v) is 9.72. The van der Waals surface area contributed by atoms with Crippen LogP contribution in [0.5, 0.6) is 11.5 Å². The number of imidazole rings is 1. The molecule has 4 aromatic heterocycles. The van der Waals surface area contributed by atoms with Gasteiger partial charge in [0.25, 0.3) is 0 Å². The van der Waals surface area contributed by atoms with E-state index in [1.165, 1.54) is 12.3 Å². The molecule has 0 radical (unpaired) electrons. The molecule has 7 nitrogen and oxygen atoms in total. The Morgan fingerprint density at radius 3 is 2.73 bits per heavy atom. The molecule has 0 atom stereocenters. The third-order valence-electron chi connectivity index (χ3n) is 7.32. The summed E-state index contributed by atoms with van der Waals surface area (Å²) in [7, 11) is 0. The Balaban J connectivity index is 1.19. The molecule has 0 spiro atoms. The van der Waals surface area contributed by atoms with Gasteiger partial charge in [-0.05, 0) is 67.0 Å². The van der Waals surface area contributed by atoms with Gasteiger partial charge in [0, 0.05) is 69.3 Å². The zero-order valence-electron chi connectivity index (χ0n) is 24.3. The van der Waals surface area contributed by atoms with Crippen LogP contribution < -0.4 is 9.64 Å². The molecule has 40 heavy (non-hydrogen) atoms. The molecular weight excluding hydrogens is 496 g/mol. The zero-order chi connectivity index (χ0) is 29.1. The van der Waals surface area contributed by atoms with Gasteiger partial charge in [0.1, 0.15) is 29.8 Å². The maximum absolute atomic E-state index is 7.90. The first kappa shape index (κ1) is 19.6. The van der Waals surface area contributed by atoms with Crippen molar-refractivity contribution in [2.45, 2.75) is 13.5 Å². The lowest BCUT2D eigenvalue weighted by Gasteiger charge is -2.32. The van der Waals surface area contributed by atoms with E-state index in [4.69, 9.17) is 8.85 Å². The molecule has 0 aliphatic carbocycles. The number of nitrogens with zero attached hydrogens (tertiary/aromatic N) is 6. The molecule has 0 saturated carbocycles. The summed E-state index contributed by atoms with van der Waals surface area (Å²) in [5.41, 5.74) is 5.11. The van der Waals surface area contributed by atoms with Crippen molar-refractivity contribution in [2.75, 3.05) is 4.90 Å². The predicted octanol–water partition coefficient (Wildman–Crippen LogP) is 7.65. The van der Waals surface area contributed by atoms with Gasteiger partial charge in [-0.1, -0.05) is 18.2 Å². The maximum atomic E-state index is 7.90. The topological polar surface area (TPSA) is 61.0 Å². The molecule has 1 aliphatic heterocycles. The van der Waals surface area contributed by atoms with Crippen LogP contribution in [0.15, 0.2) is 116 Å². The van der Waals surface area contributed by atoms with E-state index < -0.39 is 6.85 Å². The number of aromatic nitrogens is 5. The second-order valence-electron chi connectivity index (χ2n) is 9.72. The lowest BCUT2D eigenvalue weighted by molar-refractivity contribution is 0.483. The van der Waals surface area contributed by atoms with E-state index in [0.29, 0.717) is 24.0 Å². The number of anilines is 2. The van der Waals surface area contributed by atoms with Gasteiger partial charge in [0.15, 0.2) is 0 Å². The zero-order valence-corrected chi connectivity index (χ0v) is 21.3. The minimum Gasteiger partial charge on any atom is -0.457 e. The third kappa shape index (κ3) is 3.55. The van der Waals surface area contributed by atoms with Crippen molar-refractivity contribution in [1.82, 2.24) is 24.1 Å². The van der Waals surface area contributed by atoms with E-state index in [2.05, 4.69) is 42.6 Å². The Labute approximate surface area is 234 Å². The van der Waals surface area contributed by atoms with Crippen LogP contribution in [0.3, 0.4) is 0 Å². The molecule has 0 fully saturated rings. The molecule has 3 aromatic carbocycles. The van der Waals surface area contributed by atoms with Crippen molar-refractivity contribution in [1.29, 1.82) is 0 Å². The number of hydrogen-bond donors (Lipinski definition) is 0. The number of ether oxygens (including phenoxy) is 1. The van der Waals surface area contributed by atoms with Crippen molar-refractivity contribution < 1.29 is 8.85 Å². The molecule has 7 aromatic rings. The minimum atomic E-state index is -2.24. The highest BCUT2D eigenvalue weighted by Crippen LogP contribution is 2.40. The Bertz CT molecular complexity index is 2170. The Morgan fingerprint density at radius 1 is 0.800 bits per heavy atom. The summed E-state index contributed by atoms with van der Waals surface area (Å²) in [6, 6.07) is 27.2. The van der Waals surface area contributed by atoms with Crippen LogP contribution in [-0.2, 0) is 6.67 Å². The van der Waals surface area contributed by atoms with Crippen molar-refractivity contribution in [3.63, 3.8) is 0 Å². The third-order valence-corrected chi connectivity index (χ3v) is 7.32. The molecule has 0 N–H and O–H groups in total. The standard InChI is InChI=1S/C33H24N6O/c1-22-11-14-35-32(17-22)39-30-12-13-34-20-28(30)26-10-9-25(19-31(26)39)40-24-6-4-5-23(18-24)38-21-37-16-15-36-33(37)27-7-2-3-8-29(27)38/h2-20H,21H2,1H3/i1D3. The normalized spacial score (nSPS) is 13.9.